The first kappa shape index (κ1) is 15.6. The van der Waals surface area contributed by atoms with Crippen molar-refractivity contribution in [2.75, 3.05) is 32.5 Å². The van der Waals surface area contributed by atoms with Crippen LogP contribution >= 0.6 is 0 Å². The minimum Gasteiger partial charge on any atom is -0.493 e. The molecule has 2 unspecified atom stereocenters. The number of rotatable bonds is 4. The van der Waals surface area contributed by atoms with Gasteiger partial charge in [0.05, 0.1) is 13.0 Å². The lowest BCUT2D eigenvalue weighted by Gasteiger charge is -2.42. The predicted octanol–water partition coefficient (Wildman–Crippen LogP) is 1.59. The minimum absolute atomic E-state index is 0.158. The van der Waals surface area contributed by atoms with E-state index in [9.17, 15) is 4.79 Å². The Morgan fingerprint density at radius 1 is 1.33 bits per heavy atom. The van der Waals surface area contributed by atoms with Crippen LogP contribution in [0.15, 0.2) is 24.3 Å². The van der Waals surface area contributed by atoms with Crippen molar-refractivity contribution in [1.82, 2.24) is 9.80 Å². The minimum atomic E-state index is 0.158. The number of hydrogen-bond acceptors (Lipinski definition) is 4. The monoisotopic (exact) mass is 291 g/mol. The number of likely N-dealkylation sites (N-methyl/N-ethyl adjacent to an activating group) is 1. The summed E-state index contributed by atoms with van der Waals surface area (Å²) in [5.74, 6) is 0.869. The van der Waals surface area contributed by atoms with E-state index < -0.39 is 0 Å². The van der Waals surface area contributed by atoms with Gasteiger partial charge in [-0.3, -0.25) is 9.69 Å². The van der Waals surface area contributed by atoms with Crippen LogP contribution in [0.2, 0.25) is 0 Å². The number of piperazine rings is 1. The zero-order chi connectivity index (χ0) is 15.4. The Balaban J connectivity index is 1.79. The molecule has 2 N–H and O–H groups in total. The zero-order valence-electron chi connectivity index (χ0n) is 13.1. The topological polar surface area (TPSA) is 58.8 Å². The van der Waals surface area contributed by atoms with Crippen LogP contribution in [0.4, 0.5) is 5.69 Å². The summed E-state index contributed by atoms with van der Waals surface area (Å²) < 4.78 is 5.59. The zero-order valence-corrected chi connectivity index (χ0v) is 13.1. The highest BCUT2D eigenvalue weighted by Crippen LogP contribution is 2.16. The smallest absolute Gasteiger partial charge is 0.226 e. The molecule has 0 bridgehead atoms. The lowest BCUT2D eigenvalue weighted by molar-refractivity contribution is -0.135. The number of nitrogens with zero attached hydrogens (tertiary/aromatic N) is 2. The number of anilines is 1. The van der Waals surface area contributed by atoms with Gasteiger partial charge in [0.25, 0.3) is 0 Å². The average Bonchev–Trinajstić information content (AvgIpc) is 2.44. The maximum absolute atomic E-state index is 12.3. The molecule has 2 atom stereocenters. The summed E-state index contributed by atoms with van der Waals surface area (Å²) in [6, 6.07) is 8.06. The SMILES string of the molecule is CC1CN(C(=O)CCOc2cccc(N)c2)CC(C)N1C. The quantitative estimate of drug-likeness (QED) is 0.856. The van der Waals surface area contributed by atoms with Crippen LogP contribution in [0.25, 0.3) is 0 Å². The fourth-order valence-electron chi connectivity index (χ4n) is 2.63. The Hall–Kier alpha value is -1.75. The molecular formula is C16H25N3O2. The summed E-state index contributed by atoms with van der Waals surface area (Å²) in [7, 11) is 2.11. The normalized spacial score (nSPS) is 23.1. The van der Waals surface area contributed by atoms with E-state index in [-0.39, 0.29) is 5.91 Å². The second-order valence-corrected chi connectivity index (χ2v) is 5.83. The fourth-order valence-corrected chi connectivity index (χ4v) is 2.63. The van der Waals surface area contributed by atoms with Crippen LogP contribution in [0.3, 0.4) is 0 Å². The Labute approximate surface area is 126 Å². The van der Waals surface area contributed by atoms with Crippen LogP contribution in [0.1, 0.15) is 20.3 Å². The molecule has 2 rings (SSSR count). The van der Waals surface area contributed by atoms with E-state index in [1.807, 2.05) is 23.1 Å². The van der Waals surface area contributed by atoms with Gasteiger partial charge in [-0.05, 0) is 33.0 Å². The summed E-state index contributed by atoms with van der Waals surface area (Å²) in [5.41, 5.74) is 6.36. The Kier molecular flexibility index (Phi) is 5.07. The molecule has 1 fully saturated rings. The molecule has 0 radical (unpaired) electrons. The van der Waals surface area contributed by atoms with Crippen molar-refractivity contribution in [3.8, 4) is 5.75 Å². The maximum atomic E-state index is 12.3. The molecule has 0 aliphatic carbocycles. The van der Waals surface area contributed by atoms with Crippen LogP contribution in [-0.2, 0) is 4.79 Å². The molecule has 1 heterocycles. The van der Waals surface area contributed by atoms with Crippen molar-refractivity contribution in [1.29, 1.82) is 0 Å². The van der Waals surface area contributed by atoms with E-state index in [1.165, 1.54) is 0 Å². The highest BCUT2D eigenvalue weighted by Gasteiger charge is 2.28. The van der Waals surface area contributed by atoms with Gasteiger partial charge in [0, 0.05) is 36.9 Å². The van der Waals surface area contributed by atoms with Crippen molar-refractivity contribution >= 4 is 11.6 Å². The van der Waals surface area contributed by atoms with Gasteiger partial charge < -0.3 is 15.4 Å². The molecule has 1 amide bonds. The highest BCUT2D eigenvalue weighted by molar-refractivity contribution is 5.76. The number of amides is 1. The van der Waals surface area contributed by atoms with Crippen molar-refractivity contribution in [2.24, 2.45) is 0 Å². The third-order valence-corrected chi connectivity index (χ3v) is 4.16. The van der Waals surface area contributed by atoms with Crippen LogP contribution in [0, 0.1) is 0 Å². The van der Waals surface area contributed by atoms with Gasteiger partial charge in [-0.25, -0.2) is 0 Å². The Bertz CT molecular complexity index is 480. The van der Waals surface area contributed by atoms with Gasteiger partial charge in [-0.2, -0.15) is 0 Å². The van der Waals surface area contributed by atoms with E-state index in [2.05, 4.69) is 25.8 Å². The number of ether oxygens (including phenoxy) is 1. The molecule has 5 heteroatoms. The summed E-state index contributed by atoms with van der Waals surface area (Å²) in [5, 5.41) is 0. The van der Waals surface area contributed by atoms with E-state index in [4.69, 9.17) is 10.5 Å². The lowest BCUT2D eigenvalue weighted by atomic mass is 10.1. The third-order valence-electron chi connectivity index (χ3n) is 4.16. The summed E-state index contributed by atoms with van der Waals surface area (Å²) >= 11 is 0. The molecular weight excluding hydrogens is 266 g/mol. The largest absolute Gasteiger partial charge is 0.493 e. The Morgan fingerprint density at radius 3 is 2.62 bits per heavy atom. The number of nitrogens with two attached hydrogens (primary N) is 1. The first-order chi connectivity index (χ1) is 9.97. The lowest BCUT2D eigenvalue weighted by Crippen LogP contribution is -2.56. The molecule has 21 heavy (non-hydrogen) atoms. The highest BCUT2D eigenvalue weighted by atomic mass is 16.5. The third kappa shape index (κ3) is 4.11. The maximum Gasteiger partial charge on any atom is 0.226 e. The number of benzene rings is 1. The van der Waals surface area contributed by atoms with Gasteiger partial charge in [-0.1, -0.05) is 6.07 Å². The molecule has 0 spiro atoms. The van der Waals surface area contributed by atoms with Crippen LogP contribution in [-0.4, -0.2) is 54.5 Å². The van der Waals surface area contributed by atoms with Crippen molar-refractivity contribution in [3.05, 3.63) is 24.3 Å². The molecule has 0 aromatic heterocycles. The molecule has 0 saturated carbocycles. The molecule has 1 saturated heterocycles. The van der Waals surface area contributed by atoms with Crippen molar-refractivity contribution in [3.63, 3.8) is 0 Å². The standard InChI is InChI=1S/C16H25N3O2/c1-12-10-19(11-13(2)18(12)3)16(20)7-8-21-15-6-4-5-14(17)9-15/h4-6,9,12-13H,7-8,10-11,17H2,1-3H3. The van der Waals surface area contributed by atoms with Gasteiger partial charge in [0.1, 0.15) is 5.75 Å². The molecule has 1 aliphatic heterocycles. The van der Waals surface area contributed by atoms with Crippen molar-refractivity contribution < 1.29 is 9.53 Å². The number of carbonyl (C=O) groups excluding carboxylic acids is 1. The molecule has 1 aromatic carbocycles. The first-order valence-electron chi connectivity index (χ1n) is 7.45. The van der Waals surface area contributed by atoms with Crippen LogP contribution in [0.5, 0.6) is 5.75 Å². The first-order valence-corrected chi connectivity index (χ1v) is 7.45. The van der Waals surface area contributed by atoms with Gasteiger partial charge in [0.2, 0.25) is 5.91 Å². The summed E-state index contributed by atoms with van der Waals surface area (Å²) in [6.45, 7) is 6.27. The van der Waals surface area contributed by atoms with Gasteiger partial charge in [0.15, 0.2) is 0 Å². The predicted molar refractivity (Wildman–Crippen MR) is 84.2 cm³/mol. The second kappa shape index (κ2) is 6.80. The fraction of sp³-hybridized carbons (Fsp3) is 0.562. The molecule has 116 valence electrons. The van der Waals surface area contributed by atoms with E-state index in [1.54, 1.807) is 6.07 Å². The Morgan fingerprint density at radius 2 is 2.00 bits per heavy atom. The molecule has 1 aromatic rings. The number of carbonyl (C=O) groups is 1. The van der Waals surface area contributed by atoms with E-state index in [0.29, 0.717) is 36.5 Å². The van der Waals surface area contributed by atoms with Gasteiger partial charge in [-0.15, -0.1) is 0 Å². The number of hydrogen-bond donors (Lipinski definition) is 1. The van der Waals surface area contributed by atoms with E-state index >= 15 is 0 Å². The molecule has 1 aliphatic rings. The van der Waals surface area contributed by atoms with Gasteiger partial charge >= 0.3 is 0 Å². The average molecular weight is 291 g/mol. The summed E-state index contributed by atoms with van der Waals surface area (Å²) in [4.78, 5) is 16.5. The molecule has 5 nitrogen and oxygen atoms in total. The number of nitrogen functional groups attached to an aromatic ring is 1. The van der Waals surface area contributed by atoms with Crippen LogP contribution < -0.4 is 10.5 Å². The second-order valence-electron chi connectivity index (χ2n) is 5.83. The van der Waals surface area contributed by atoms with E-state index in [0.717, 1.165) is 13.1 Å². The summed E-state index contributed by atoms with van der Waals surface area (Å²) in [6.07, 6.45) is 0.401. The van der Waals surface area contributed by atoms with Crippen molar-refractivity contribution in [2.45, 2.75) is 32.4 Å².